The van der Waals surface area contributed by atoms with Crippen LogP contribution in [0.5, 0.6) is 0 Å². The van der Waals surface area contributed by atoms with Gasteiger partial charge in [0.25, 0.3) is 5.91 Å². The molecule has 2 nitrogen and oxygen atoms in total. The molecule has 2 aliphatic rings. The van der Waals surface area contributed by atoms with Crippen LogP contribution in [0.25, 0.3) is 0 Å². The van der Waals surface area contributed by atoms with E-state index >= 15 is 0 Å². The molecule has 2 heteroatoms. The van der Waals surface area contributed by atoms with Gasteiger partial charge in [-0.15, -0.1) is 0 Å². The van der Waals surface area contributed by atoms with E-state index in [1.807, 2.05) is 30.3 Å². The van der Waals surface area contributed by atoms with Crippen LogP contribution in [-0.2, 0) is 0 Å². The van der Waals surface area contributed by atoms with Crippen molar-refractivity contribution in [3.05, 3.63) is 48.0 Å². The largest absolute Gasteiger partial charge is 0.346 e. The van der Waals surface area contributed by atoms with Crippen LogP contribution in [0.3, 0.4) is 0 Å². The lowest BCUT2D eigenvalue weighted by Gasteiger charge is -2.23. The molecule has 1 aromatic rings. The maximum Gasteiger partial charge on any atom is 0.251 e. The highest BCUT2D eigenvalue weighted by Crippen LogP contribution is 2.46. The van der Waals surface area contributed by atoms with Gasteiger partial charge in [-0.05, 0) is 37.8 Å². The van der Waals surface area contributed by atoms with Gasteiger partial charge in [0.1, 0.15) is 0 Å². The molecular weight excluding hydrogens is 210 g/mol. The molecule has 0 radical (unpaired) electrons. The third kappa shape index (κ3) is 1.99. The molecule has 0 spiro atoms. The SMILES string of the molecule is O=C(NC1(C2C=CCC2)CC1)c1ccccc1. The van der Waals surface area contributed by atoms with E-state index in [1.54, 1.807) is 0 Å². The highest BCUT2D eigenvalue weighted by Gasteiger charge is 2.49. The molecule has 0 aromatic heterocycles. The fraction of sp³-hybridized carbons (Fsp3) is 0.400. The smallest absolute Gasteiger partial charge is 0.251 e. The number of allylic oxidation sites excluding steroid dienone is 1. The van der Waals surface area contributed by atoms with Gasteiger partial charge in [0.15, 0.2) is 0 Å². The average Bonchev–Trinajstić information content (AvgIpc) is 2.94. The molecule has 0 bridgehead atoms. The van der Waals surface area contributed by atoms with E-state index in [-0.39, 0.29) is 11.4 Å². The number of amides is 1. The standard InChI is InChI=1S/C15H17NO/c17-14(12-6-2-1-3-7-12)16-15(10-11-15)13-8-4-5-9-13/h1-4,6-8,13H,5,9-11H2,(H,16,17). The zero-order valence-electron chi connectivity index (χ0n) is 9.86. The zero-order chi connectivity index (χ0) is 11.7. The third-order valence-corrected chi connectivity index (χ3v) is 3.91. The lowest BCUT2D eigenvalue weighted by molar-refractivity contribution is 0.0920. The summed E-state index contributed by atoms with van der Waals surface area (Å²) in [6.45, 7) is 0. The first-order valence-electron chi connectivity index (χ1n) is 6.34. The van der Waals surface area contributed by atoms with E-state index in [4.69, 9.17) is 0 Å². The summed E-state index contributed by atoms with van der Waals surface area (Å²) < 4.78 is 0. The van der Waals surface area contributed by atoms with Crippen LogP contribution in [0.1, 0.15) is 36.0 Å². The van der Waals surface area contributed by atoms with Crippen molar-refractivity contribution in [1.82, 2.24) is 5.32 Å². The van der Waals surface area contributed by atoms with Gasteiger partial charge in [0, 0.05) is 17.0 Å². The number of benzene rings is 1. The topological polar surface area (TPSA) is 29.1 Å². The minimum atomic E-state index is 0.0694. The Morgan fingerprint density at radius 3 is 2.59 bits per heavy atom. The number of hydrogen-bond acceptors (Lipinski definition) is 1. The number of carbonyl (C=O) groups excluding carboxylic acids is 1. The minimum absolute atomic E-state index is 0.0694. The highest BCUT2D eigenvalue weighted by molar-refractivity contribution is 5.94. The first kappa shape index (κ1) is 10.6. The van der Waals surface area contributed by atoms with Gasteiger partial charge in [-0.2, -0.15) is 0 Å². The monoisotopic (exact) mass is 227 g/mol. The van der Waals surface area contributed by atoms with Crippen molar-refractivity contribution in [1.29, 1.82) is 0 Å². The van der Waals surface area contributed by atoms with Crippen molar-refractivity contribution in [2.75, 3.05) is 0 Å². The van der Waals surface area contributed by atoms with Gasteiger partial charge >= 0.3 is 0 Å². The molecule has 0 aliphatic heterocycles. The summed E-state index contributed by atoms with van der Waals surface area (Å²) in [5, 5.41) is 3.24. The molecule has 1 aromatic carbocycles. The second-order valence-electron chi connectivity index (χ2n) is 5.09. The maximum atomic E-state index is 12.1. The summed E-state index contributed by atoms with van der Waals surface area (Å²) in [5.74, 6) is 0.624. The Bertz CT molecular complexity index is 445. The molecular formula is C15H17NO. The highest BCUT2D eigenvalue weighted by atomic mass is 16.1. The quantitative estimate of drug-likeness (QED) is 0.790. The van der Waals surface area contributed by atoms with E-state index in [1.165, 1.54) is 6.42 Å². The van der Waals surface area contributed by atoms with E-state index in [0.29, 0.717) is 5.92 Å². The number of nitrogens with one attached hydrogen (secondary N) is 1. The van der Waals surface area contributed by atoms with Crippen molar-refractivity contribution in [3.8, 4) is 0 Å². The summed E-state index contributed by atoms with van der Waals surface area (Å²) in [7, 11) is 0. The van der Waals surface area contributed by atoms with Crippen molar-refractivity contribution in [2.45, 2.75) is 31.2 Å². The van der Waals surface area contributed by atoms with Crippen LogP contribution in [0.2, 0.25) is 0 Å². The Morgan fingerprint density at radius 1 is 1.24 bits per heavy atom. The number of hydrogen-bond donors (Lipinski definition) is 1. The Balaban J connectivity index is 1.71. The molecule has 17 heavy (non-hydrogen) atoms. The molecule has 1 saturated carbocycles. The second-order valence-corrected chi connectivity index (χ2v) is 5.09. The minimum Gasteiger partial charge on any atom is -0.346 e. The first-order valence-corrected chi connectivity index (χ1v) is 6.34. The summed E-state index contributed by atoms with van der Waals surface area (Å²) in [4.78, 5) is 12.1. The predicted molar refractivity (Wildman–Crippen MR) is 67.7 cm³/mol. The molecule has 0 heterocycles. The van der Waals surface area contributed by atoms with Gasteiger partial charge in [0.05, 0.1) is 0 Å². The summed E-state index contributed by atoms with van der Waals surface area (Å²) in [6.07, 6.45) is 9.11. The van der Waals surface area contributed by atoms with E-state index < -0.39 is 0 Å². The molecule has 3 rings (SSSR count). The first-order chi connectivity index (χ1) is 8.30. The molecule has 1 fully saturated rings. The number of rotatable bonds is 3. The molecule has 88 valence electrons. The van der Waals surface area contributed by atoms with Crippen LogP contribution in [-0.4, -0.2) is 11.4 Å². The normalized spacial score (nSPS) is 24.6. The molecule has 1 amide bonds. The van der Waals surface area contributed by atoms with Gasteiger partial charge in [-0.3, -0.25) is 4.79 Å². The van der Waals surface area contributed by atoms with Crippen LogP contribution in [0.4, 0.5) is 0 Å². The van der Waals surface area contributed by atoms with Crippen LogP contribution in [0, 0.1) is 5.92 Å². The predicted octanol–water partition coefficient (Wildman–Crippen LogP) is 2.92. The van der Waals surface area contributed by atoms with Crippen molar-refractivity contribution in [3.63, 3.8) is 0 Å². The summed E-state index contributed by atoms with van der Waals surface area (Å²) in [5.41, 5.74) is 0.834. The Hall–Kier alpha value is -1.57. The Labute approximate surface area is 102 Å². The van der Waals surface area contributed by atoms with Crippen LogP contribution >= 0.6 is 0 Å². The van der Waals surface area contributed by atoms with E-state index in [0.717, 1.165) is 24.8 Å². The molecule has 1 atom stereocenters. The lowest BCUT2D eigenvalue weighted by Crippen LogP contribution is -2.41. The molecule has 2 aliphatic carbocycles. The summed E-state index contributed by atoms with van der Waals surface area (Å²) >= 11 is 0. The van der Waals surface area contributed by atoms with Crippen molar-refractivity contribution >= 4 is 5.91 Å². The zero-order valence-corrected chi connectivity index (χ0v) is 9.86. The fourth-order valence-corrected chi connectivity index (χ4v) is 2.70. The van der Waals surface area contributed by atoms with Crippen LogP contribution in [0.15, 0.2) is 42.5 Å². The summed E-state index contributed by atoms with van der Waals surface area (Å²) in [6, 6.07) is 9.49. The lowest BCUT2D eigenvalue weighted by atomic mass is 9.96. The van der Waals surface area contributed by atoms with Crippen molar-refractivity contribution < 1.29 is 4.79 Å². The van der Waals surface area contributed by atoms with Gasteiger partial charge in [0.2, 0.25) is 0 Å². The number of carbonyl (C=O) groups is 1. The van der Waals surface area contributed by atoms with E-state index in [9.17, 15) is 4.79 Å². The fourth-order valence-electron chi connectivity index (χ4n) is 2.70. The Morgan fingerprint density at radius 2 is 2.00 bits per heavy atom. The van der Waals surface area contributed by atoms with Gasteiger partial charge in [-0.25, -0.2) is 0 Å². The van der Waals surface area contributed by atoms with Crippen LogP contribution < -0.4 is 5.32 Å². The maximum absolute atomic E-state index is 12.1. The Kier molecular flexibility index (Phi) is 2.50. The molecule has 1 N–H and O–H groups in total. The third-order valence-electron chi connectivity index (χ3n) is 3.91. The van der Waals surface area contributed by atoms with Gasteiger partial charge in [-0.1, -0.05) is 30.4 Å². The van der Waals surface area contributed by atoms with E-state index in [2.05, 4.69) is 17.5 Å². The second kappa shape index (κ2) is 4.02. The average molecular weight is 227 g/mol. The molecule has 1 unspecified atom stereocenters. The van der Waals surface area contributed by atoms with Gasteiger partial charge < -0.3 is 5.32 Å². The van der Waals surface area contributed by atoms with Crippen molar-refractivity contribution in [2.24, 2.45) is 5.92 Å². The molecule has 0 saturated heterocycles.